The predicted molar refractivity (Wildman–Crippen MR) is 112 cm³/mol. The lowest BCUT2D eigenvalue weighted by Crippen LogP contribution is -2.22. The summed E-state index contributed by atoms with van der Waals surface area (Å²) < 4.78 is 11.1. The van der Waals surface area contributed by atoms with E-state index in [1.807, 2.05) is 30.3 Å². The van der Waals surface area contributed by atoms with E-state index in [1.165, 1.54) is 11.3 Å². The van der Waals surface area contributed by atoms with E-state index in [2.05, 4.69) is 10.6 Å². The summed E-state index contributed by atoms with van der Waals surface area (Å²) >= 11 is 1.32. The van der Waals surface area contributed by atoms with Crippen molar-refractivity contribution in [3.63, 3.8) is 0 Å². The molecular formula is C21H19N3O4S. The minimum Gasteiger partial charge on any atom is -0.457 e. The molecule has 0 unspecified atom stereocenters. The van der Waals surface area contributed by atoms with Gasteiger partial charge in [0.15, 0.2) is 0 Å². The molecule has 1 aliphatic heterocycles. The minimum atomic E-state index is -0.554. The summed E-state index contributed by atoms with van der Waals surface area (Å²) in [5.41, 5.74) is 7.36. The standard InChI is InChI=1S/C21H19N3O4S/c22-19(25)18-16-10-11-27-12-17(16)29-20(18)24-21(26)23-13-6-8-15(9-7-13)28-14-4-2-1-3-5-14/h1-9H,10-12H2,(H2,22,25)(H2,23,24,26). The van der Waals surface area contributed by atoms with Crippen LogP contribution >= 0.6 is 11.3 Å². The number of carbonyl (C=O) groups is 2. The van der Waals surface area contributed by atoms with Gasteiger partial charge in [0.1, 0.15) is 16.5 Å². The van der Waals surface area contributed by atoms with Crippen molar-refractivity contribution in [3.8, 4) is 11.5 Å². The molecule has 0 atom stereocenters. The molecule has 0 aliphatic carbocycles. The van der Waals surface area contributed by atoms with Crippen LogP contribution in [0, 0.1) is 0 Å². The zero-order chi connectivity index (χ0) is 20.2. The maximum absolute atomic E-state index is 12.4. The zero-order valence-corrected chi connectivity index (χ0v) is 16.3. The predicted octanol–water partition coefficient (Wildman–Crippen LogP) is 4.36. The summed E-state index contributed by atoms with van der Waals surface area (Å²) in [5, 5.41) is 5.92. The van der Waals surface area contributed by atoms with Crippen LogP contribution in [0.1, 0.15) is 20.8 Å². The smallest absolute Gasteiger partial charge is 0.324 e. The number of fused-ring (bicyclic) bond motifs is 1. The van der Waals surface area contributed by atoms with Gasteiger partial charge < -0.3 is 20.5 Å². The van der Waals surface area contributed by atoms with Crippen LogP contribution in [0.5, 0.6) is 11.5 Å². The zero-order valence-electron chi connectivity index (χ0n) is 15.4. The molecule has 0 spiro atoms. The Hall–Kier alpha value is -3.36. The Bertz CT molecular complexity index is 1030. The molecule has 3 amide bonds. The van der Waals surface area contributed by atoms with Crippen molar-refractivity contribution in [2.24, 2.45) is 5.73 Å². The molecule has 0 bridgehead atoms. The fourth-order valence-electron chi connectivity index (χ4n) is 3.08. The maximum Gasteiger partial charge on any atom is 0.324 e. The number of hydrogen-bond acceptors (Lipinski definition) is 5. The first-order chi connectivity index (χ1) is 14.1. The van der Waals surface area contributed by atoms with E-state index in [1.54, 1.807) is 24.3 Å². The van der Waals surface area contributed by atoms with Gasteiger partial charge in [0.05, 0.1) is 18.8 Å². The molecule has 1 aromatic heterocycles. The second-order valence-electron chi connectivity index (χ2n) is 6.39. The van der Waals surface area contributed by atoms with E-state index < -0.39 is 11.9 Å². The highest BCUT2D eigenvalue weighted by Crippen LogP contribution is 2.36. The van der Waals surface area contributed by atoms with Gasteiger partial charge in [-0.1, -0.05) is 18.2 Å². The summed E-state index contributed by atoms with van der Waals surface area (Å²) in [6.07, 6.45) is 0.607. The summed E-state index contributed by atoms with van der Waals surface area (Å²) in [7, 11) is 0. The Labute approximate surface area is 171 Å². The van der Waals surface area contributed by atoms with Crippen molar-refractivity contribution in [1.82, 2.24) is 0 Å². The first kappa shape index (κ1) is 19.0. The van der Waals surface area contributed by atoms with Crippen LogP contribution in [0.25, 0.3) is 0 Å². The van der Waals surface area contributed by atoms with Gasteiger partial charge in [0, 0.05) is 10.6 Å². The highest BCUT2D eigenvalue weighted by atomic mass is 32.1. The summed E-state index contributed by atoms with van der Waals surface area (Å²) in [4.78, 5) is 25.2. The number of nitrogens with one attached hydrogen (secondary N) is 2. The number of thiophene rings is 1. The van der Waals surface area contributed by atoms with E-state index in [0.29, 0.717) is 41.6 Å². The second kappa shape index (κ2) is 8.34. The third kappa shape index (κ3) is 4.39. The molecule has 0 fully saturated rings. The molecule has 2 heterocycles. The first-order valence-electron chi connectivity index (χ1n) is 9.03. The normalized spacial score (nSPS) is 12.7. The number of rotatable bonds is 5. The molecule has 7 nitrogen and oxygen atoms in total. The Balaban J connectivity index is 1.42. The monoisotopic (exact) mass is 409 g/mol. The molecule has 29 heavy (non-hydrogen) atoms. The fraction of sp³-hybridized carbons (Fsp3) is 0.143. The van der Waals surface area contributed by atoms with Gasteiger partial charge in [-0.2, -0.15) is 0 Å². The maximum atomic E-state index is 12.4. The van der Waals surface area contributed by atoms with Crippen LogP contribution in [-0.4, -0.2) is 18.5 Å². The Morgan fingerprint density at radius 2 is 1.72 bits per heavy atom. The number of ether oxygens (including phenoxy) is 2. The van der Waals surface area contributed by atoms with Gasteiger partial charge in [-0.3, -0.25) is 10.1 Å². The molecule has 148 valence electrons. The number of primary amides is 1. The van der Waals surface area contributed by atoms with Crippen molar-refractivity contribution < 1.29 is 19.1 Å². The third-order valence-electron chi connectivity index (χ3n) is 4.38. The van der Waals surface area contributed by atoms with Crippen LogP contribution in [0.2, 0.25) is 0 Å². The molecule has 2 aromatic carbocycles. The SMILES string of the molecule is NC(=O)c1c(NC(=O)Nc2ccc(Oc3ccccc3)cc2)sc2c1CCOC2. The van der Waals surface area contributed by atoms with Gasteiger partial charge in [0.2, 0.25) is 0 Å². The topological polar surface area (TPSA) is 103 Å². The summed E-state index contributed by atoms with van der Waals surface area (Å²) in [6, 6.07) is 16.0. The second-order valence-corrected chi connectivity index (χ2v) is 7.50. The summed E-state index contributed by atoms with van der Waals surface area (Å²) in [6.45, 7) is 0.958. The fourth-order valence-corrected chi connectivity index (χ4v) is 4.26. The van der Waals surface area contributed by atoms with Crippen molar-refractivity contribution in [1.29, 1.82) is 0 Å². The first-order valence-corrected chi connectivity index (χ1v) is 9.85. The largest absolute Gasteiger partial charge is 0.457 e. The Kier molecular flexibility index (Phi) is 5.46. The van der Waals surface area contributed by atoms with Crippen molar-refractivity contribution >= 4 is 34.0 Å². The highest BCUT2D eigenvalue weighted by Gasteiger charge is 2.25. The number of hydrogen-bond donors (Lipinski definition) is 3. The van der Waals surface area contributed by atoms with Gasteiger partial charge in [0.25, 0.3) is 5.91 Å². The van der Waals surface area contributed by atoms with Crippen LogP contribution in [-0.2, 0) is 17.8 Å². The Morgan fingerprint density at radius 1 is 1.00 bits per heavy atom. The minimum absolute atomic E-state index is 0.370. The summed E-state index contributed by atoms with van der Waals surface area (Å²) in [5.74, 6) is 0.835. The molecule has 4 N–H and O–H groups in total. The third-order valence-corrected chi connectivity index (χ3v) is 5.51. The van der Waals surface area contributed by atoms with Crippen LogP contribution in [0.4, 0.5) is 15.5 Å². The number of amides is 3. The lowest BCUT2D eigenvalue weighted by Gasteiger charge is -2.12. The molecule has 3 aromatic rings. The number of nitrogens with two attached hydrogens (primary N) is 1. The molecule has 0 saturated carbocycles. The molecule has 0 saturated heterocycles. The van der Waals surface area contributed by atoms with Crippen molar-refractivity contribution in [3.05, 3.63) is 70.6 Å². The van der Waals surface area contributed by atoms with E-state index in [0.717, 1.165) is 16.2 Å². The van der Waals surface area contributed by atoms with Gasteiger partial charge in [-0.05, 0) is 48.4 Å². The Morgan fingerprint density at radius 3 is 2.45 bits per heavy atom. The van der Waals surface area contributed by atoms with E-state index in [-0.39, 0.29) is 0 Å². The molecule has 4 rings (SSSR count). The lowest BCUT2D eigenvalue weighted by atomic mass is 10.1. The van der Waals surface area contributed by atoms with Crippen LogP contribution in [0.3, 0.4) is 0 Å². The molecule has 0 radical (unpaired) electrons. The van der Waals surface area contributed by atoms with Gasteiger partial charge >= 0.3 is 6.03 Å². The number of carbonyl (C=O) groups excluding carboxylic acids is 2. The van der Waals surface area contributed by atoms with Crippen molar-refractivity contribution in [2.45, 2.75) is 13.0 Å². The van der Waals surface area contributed by atoms with E-state index in [4.69, 9.17) is 15.2 Å². The highest BCUT2D eigenvalue weighted by molar-refractivity contribution is 7.17. The lowest BCUT2D eigenvalue weighted by molar-refractivity contribution is 0.0991. The van der Waals surface area contributed by atoms with Crippen molar-refractivity contribution in [2.75, 3.05) is 17.2 Å². The number of benzene rings is 2. The molecular weight excluding hydrogens is 390 g/mol. The average molecular weight is 409 g/mol. The quantitative estimate of drug-likeness (QED) is 0.583. The van der Waals surface area contributed by atoms with Gasteiger partial charge in [-0.25, -0.2) is 4.79 Å². The van der Waals surface area contributed by atoms with Crippen LogP contribution in [0.15, 0.2) is 54.6 Å². The van der Waals surface area contributed by atoms with E-state index >= 15 is 0 Å². The van der Waals surface area contributed by atoms with E-state index in [9.17, 15) is 9.59 Å². The number of para-hydroxylation sites is 1. The van der Waals surface area contributed by atoms with Gasteiger partial charge in [-0.15, -0.1) is 11.3 Å². The average Bonchev–Trinajstić information content (AvgIpc) is 3.08. The number of urea groups is 1. The van der Waals surface area contributed by atoms with Crippen LogP contribution < -0.4 is 21.1 Å². The number of anilines is 2. The molecule has 1 aliphatic rings. The molecule has 8 heteroatoms.